The molecular weight excluding hydrogens is 233 g/mol. The smallest absolute Gasteiger partial charge is 0.272 e. The fourth-order valence-electron chi connectivity index (χ4n) is 1.84. The topological polar surface area (TPSA) is 41.5 Å². The Morgan fingerprint density at radius 1 is 1.29 bits per heavy atom. The van der Waals surface area contributed by atoms with Crippen LogP contribution in [0.5, 0.6) is 0 Å². The molecule has 17 heavy (non-hydrogen) atoms. The van der Waals surface area contributed by atoms with Crippen LogP contribution in [0.1, 0.15) is 24.0 Å². The van der Waals surface area contributed by atoms with E-state index in [4.69, 9.17) is 0 Å². The largest absolute Gasteiger partial charge is 0.416 e. The van der Waals surface area contributed by atoms with Gasteiger partial charge >= 0.3 is 6.18 Å². The molecule has 1 aromatic rings. The number of amides is 1. The molecule has 0 saturated carbocycles. The normalized spacial score (nSPS) is 20.1. The van der Waals surface area contributed by atoms with Crippen LogP contribution in [0.25, 0.3) is 0 Å². The molecule has 1 aliphatic heterocycles. The highest BCUT2D eigenvalue weighted by molar-refractivity contribution is 6.11. The minimum absolute atomic E-state index is 0.0590. The predicted molar refractivity (Wildman–Crippen MR) is 55.4 cm³/mol. The number of hydrogen-bond acceptors (Lipinski definition) is 2. The van der Waals surface area contributed by atoms with E-state index in [1.165, 1.54) is 25.1 Å². The fraction of sp³-hybridized carbons (Fsp3) is 0.273. The lowest BCUT2D eigenvalue weighted by molar-refractivity contribution is -0.138. The third-order valence-electron chi connectivity index (χ3n) is 2.60. The molecule has 6 heteroatoms. The van der Waals surface area contributed by atoms with Crippen LogP contribution in [-0.4, -0.2) is 11.6 Å². The number of rotatable bonds is 1. The Labute approximate surface area is 95.3 Å². The molecule has 0 spiro atoms. The van der Waals surface area contributed by atoms with Crippen LogP contribution in [-0.2, 0) is 11.0 Å². The Morgan fingerprint density at radius 3 is 2.47 bits per heavy atom. The predicted octanol–water partition coefficient (Wildman–Crippen LogP) is 2.29. The van der Waals surface area contributed by atoms with E-state index in [1.54, 1.807) is 0 Å². The molecule has 0 aliphatic carbocycles. The van der Waals surface area contributed by atoms with Gasteiger partial charge in [0.2, 0.25) is 0 Å². The van der Waals surface area contributed by atoms with E-state index in [1.807, 2.05) is 0 Å². The van der Waals surface area contributed by atoms with Crippen LogP contribution in [0.15, 0.2) is 29.4 Å². The van der Waals surface area contributed by atoms with Crippen molar-refractivity contribution in [3.63, 3.8) is 0 Å². The third-order valence-corrected chi connectivity index (χ3v) is 2.60. The maximum absolute atomic E-state index is 12.8. The summed E-state index contributed by atoms with van der Waals surface area (Å²) in [4.78, 5) is 11.5. The summed E-state index contributed by atoms with van der Waals surface area (Å²) in [5.74, 6) is -1.48. The summed E-state index contributed by atoms with van der Waals surface area (Å²) in [7, 11) is 0. The van der Waals surface area contributed by atoms with Gasteiger partial charge in [0.1, 0.15) is 5.92 Å². The molecule has 0 fully saturated rings. The Morgan fingerprint density at radius 2 is 1.94 bits per heavy atom. The number of benzene rings is 1. The van der Waals surface area contributed by atoms with Crippen molar-refractivity contribution in [2.24, 2.45) is 5.10 Å². The molecule has 3 nitrogen and oxygen atoms in total. The molecule has 1 atom stereocenters. The van der Waals surface area contributed by atoms with Crippen molar-refractivity contribution in [3.8, 4) is 0 Å². The van der Waals surface area contributed by atoms with Crippen molar-refractivity contribution in [1.29, 1.82) is 0 Å². The average molecular weight is 242 g/mol. The van der Waals surface area contributed by atoms with Crippen molar-refractivity contribution < 1.29 is 18.0 Å². The highest BCUT2D eigenvalue weighted by atomic mass is 19.4. The second-order valence-corrected chi connectivity index (χ2v) is 3.75. The quantitative estimate of drug-likeness (QED) is 0.806. The van der Waals surface area contributed by atoms with Crippen molar-refractivity contribution in [2.75, 3.05) is 0 Å². The summed E-state index contributed by atoms with van der Waals surface area (Å²) in [5.41, 5.74) is 1.66. The number of carbonyl (C=O) groups excluding carboxylic acids is 1. The van der Waals surface area contributed by atoms with Crippen LogP contribution < -0.4 is 5.43 Å². The molecule has 1 unspecified atom stereocenters. The van der Waals surface area contributed by atoms with E-state index < -0.39 is 23.6 Å². The van der Waals surface area contributed by atoms with Gasteiger partial charge in [-0.25, -0.2) is 5.43 Å². The summed E-state index contributed by atoms with van der Waals surface area (Å²) < 4.78 is 38.4. The van der Waals surface area contributed by atoms with Crippen LogP contribution >= 0.6 is 0 Å². The van der Waals surface area contributed by atoms with Gasteiger partial charge in [-0.1, -0.05) is 18.2 Å². The van der Waals surface area contributed by atoms with E-state index >= 15 is 0 Å². The lowest BCUT2D eigenvalue weighted by atomic mass is 9.90. The van der Waals surface area contributed by atoms with Gasteiger partial charge in [-0.15, -0.1) is 0 Å². The first kappa shape index (κ1) is 11.6. The molecule has 1 aliphatic rings. The van der Waals surface area contributed by atoms with E-state index in [0.717, 1.165) is 6.07 Å². The zero-order valence-electron chi connectivity index (χ0n) is 8.88. The molecule has 0 radical (unpaired) electrons. The zero-order valence-corrected chi connectivity index (χ0v) is 8.88. The highest BCUT2D eigenvalue weighted by Crippen LogP contribution is 2.36. The molecule has 2 rings (SSSR count). The minimum Gasteiger partial charge on any atom is -0.272 e. The van der Waals surface area contributed by atoms with Crippen LogP contribution in [0.3, 0.4) is 0 Å². The lowest BCUT2D eigenvalue weighted by Gasteiger charge is -2.16. The molecule has 0 bridgehead atoms. The van der Waals surface area contributed by atoms with Crippen molar-refractivity contribution in [2.45, 2.75) is 19.0 Å². The first-order valence-corrected chi connectivity index (χ1v) is 4.91. The molecule has 1 heterocycles. The maximum Gasteiger partial charge on any atom is 0.416 e. The van der Waals surface area contributed by atoms with E-state index in [-0.39, 0.29) is 5.56 Å². The molecule has 0 saturated heterocycles. The summed E-state index contributed by atoms with van der Waals surface area (Å²) in [6, 6.07) is 5.04. The van der Waals surface area contributed by atoms with Crippen molar-refractivity contribution in [1.82, 2.24) is 5.43 Å². The van der Waals surface area contributed by atoms with Gasteiger partial charge in [0.15, 0.2) is 0 Å². The monoisotopic (exact) mass is 242 g/mol. The Kier molecular flexibility index (Phi) is 2.65. The number of hydrazone groups is 1. The second-order valence-electron chi connectivity index (χ2n) is 3.75. The Balaban J connectivity index is 2.53. The molecule has 90 valence electrons. The van der Waals surface area contributed by atoms with Gasteiger partial charge in [-0.05, 0) is 18.6 Å². The number of halogens is 3. The fourth-order valence-corrected chi connectivity index (χ4v) is 1.84. The van der Waals surface area contributed by atoms with Gasteiger partial charge in [0.25, 0.3) is 5.91 Å². The summed E-state index contributed by atoms with van der Waals surface area (Å²) in [6.07, 6.45) is -4.47. The number of carbonyl (C=O) groups is 1. The molecule has 1 aromatic carbocycles. The number of alkyl halides is 3. The third kappa shape index (κ3) is 2.02. The van der Waals surface area contributed by atoms with E-state index in [9.17, 15) is 18.0 Å². The second kappa shape index (κ2) is 3.87. The molecular formula is C11H9F3N2O. The summed E-state index contributed by atoms with van der Waals surface area (Å²) in [6.45, 7) is 1.52. The number of nitrogens with one attached hydrogen (secondary N) is 1. The Bertz CT molecular complexity index is 494. The lowest BCUT2D eigenvalue weighted by Crippen LogP contribution is -2.23. The van der Waals surface area contributed by atoms with E-state index in [2.05, 4.69) is 10.5 Å². The SMILES string of the molecule is CC1=NNC(=O)C1c1ccccc1C(F)(F)F. The van der Waals surface area contributed by atoms with Gasteiger partial charge < -0.3 is 0 Å². The van der Waals surface area contributed by atoms with Crippen LogP contribution in [0, 0.1) is 0 Å². The van der Waals surface area contributed by atoms with Gasteiger partial charge in [0.05, 0.1) is 11.3 Å². The van der Waals surface area contributed by atoms with Crippen LogP contribution in [0.4, 0.5) is 13.2 Å². The summed E-state index contributed by atoms with van der Waals surface area (Å²) in [5, 5.41) is 3.65. The first-order valence-electron chi connectivity index (χ1n) is 4.91. The standard InChI is InChI=1S/C11H9F3N2O/c1-6-9(10(17)16-15-6)7-4-2-3-5-8(7)11(12,13)14/h2-5,9H,1H3,(H,16,17). The first-order chi connectivity index (χ1) is 7.91. The van der Waals surface area contributed by atoms with Gasteiger partial charge in [-0.2, -0.15) is 18.3 Å². The van der Waals surface area contributed by atoms with Crippen molar-refractivity contribution >= 4 is 11.6 Å². The van der Waals surface area contributed by atoms with Gasteiger partial charge in [0, 0.05) is 0 Å². The molecule has 1 N–H and O–H groups in total. The van der Waals surface area contributed by atoms with Crippen LogP contribution in [0.2, 0.25) is 0 Å². The average Bonchev–Trinajstić information content (AvgIpc) is 2.57. The van der Waals surface area contributed by atoms with Gasteiger partial charge in [-0.3, -0.25) is 4.79 Å². The van der Waals surface area contributed by atoms with Crippen molar-refractivity contribution in [3.05, 3.63) is 35.4 Å². The number of hydrogen-bond donors (Lipinski definition) is 1. The highest BCUT2D eigenvalue weighted by Gasteiger charge is 2.39. The molecule has 1 amide bonds. The summed E-state index contributed by atoms with van der Waals surface area (Å²) >= 11 is 0. The zero-order chi connectivity index (χ0) is 12.6. The minimum atomic E-state index is -4.47. The Hall–Kier alpha value is -1.85. The molecule has 0 aromatic heterocycles. The van der Waals surface area contributed by atoms with E-state index in [0.29, 0.717) is 5.71 Å². The maximum atomic E-state index is 12.8. The number of nitrogens with zero attached hydrogens (tertiary/aromatic N) is 1.